The van der Waals surface area contributed by atoms with E-state index in [0.29, 0.717) is 29.4 Å². The Morgan fingerprint density at radius 1 is 1.03 bits per heavy atom. The minimum atomic E-state index is -3.74. The van der Waals surface area contributed by atoms with Crippen molar-refractivity contribution in [3.05, 3.63) is 90.0 Å². The topological polar surface area (TPSA) is 97.3 Å². The van der Waals surface area contributed by atoms with Crippen molar-refractivity contribution in [1.82, 2.24) is 5.43 Å². The van der Waals surface area contributed by atoms with Crippen LogP contribution in [-0.4, -0.2) is 39.9 Å². The van der Waals surface area contributed by atoms with Gasteiger partial charge in [-0.25, -0.2) is 13.8 Å². The van der Waals surface area contributed by atoms with Gasteiger partial charge in [0.25, 0.3) is 5.91 Å². The van der Waals surface area contributed by atoms with Gasteiger partial charge in [0.1, 0.15) is 24.1 Å². The molecule has 0 saturated carbocycles. The molecule has 0 spiro atoms. The molecule has 3 aromatic carbocycles. The Morgan fingerprint density at radius 3 is 2.32 bits per heavy atom. The Morgan fingerprint density at radius 2 is 1.68 bits per heavy atom. The molecule has 178 valence electrons. The van der Waals surface area contributed by atoms with E-state index in [0.717, 1.165) is 16.1 Å². The highest BCUT2D eigenvalue weighted by Gasteiger charge is 2.29. The number of para-hydroxylation sites is 1. The van der Waals surface area contributed by atoms with Gasteiger partial charge in [0.15, 0.2) is 0 Å². The summed E-state index contributed by atoms with van der Waals surface area (Å²) in [4.78, 5) is 12.7. The van der Waals surface area contributed by atoms with Crippen molar-refractivity contribution in [2.24, 2.45) is 5.10 Å². The van der Waals surface area contributed by atoms with Crippen molar-refractivity contribution < 1.29 is 22.7 Å². The van der Waals surface area contributed by atoms with Crippen LogP contribution in [0.25, 0.3) is 0 Å². The predicted octanol–water partition coefficient (Wildman–Crippen LogP) is 3.58. The third-order valence-electron chi connectivity index (χ3n) is 4.95. The van der Waals surface area contributed by atoms with Crippen LogP contribution in [0.1, 0.15) is 18.1 Å². The summed E-state index contributed by atoms with van der Waals surface area (Å²) >= 11 is 0. The van der Waals surface area contributed by atoms with Crippen LogP contribution < -0.4 is 19.2 Å². The van der Waals surface area contributed by atoms with Crippen LogP contribution in [0, 0.1) is 0 Å². The first-order valence-corrected chi connectivity index (χ1v) is 12.4. The summed E-state index contributed by atoms with van der Waals surface area (Å²) in [6.07, 6.45) is 2.51. The zero-order valence-corrected chi connectivity index (χ0v) is 20.0. The maximum absolute atomic E-state index is 12.7. The smallest absolute Gasteiger partial charge is 0.263 e. The number of nitrogens with zero attached hydrogens (tertiary/aromatic N) is 2. The molecule has 3 aromatic rings. The minimum Gasteiger partial charge on any atom is -0.497 e. The van der Waals surface area contributed by atoms with Crippen LogP contribution in [0.2, 0.25) is 0 Å². The van der Waals surface area contributed by atoms with Crippen molar-refractivity contribution in [1.29, 1.82) is 0 Å². The molecule has 1 atom stereocenters. The number of ether oxygens (including phenoxy) is 2. The molecule has 34 heavy (non-hydrogen) atoms. The lowest BCUT2D eigenvalue weighted by Gasteiger charge is -2.27. The summed E-state index contributed by atoms with van der Waals surface area (Å²) in [5.41, 5.74) is 4.46. The number of sulfonamides is 1. The molecule has 1 N–H and O–H groups in total. The maximum atomic E-state index is 12.7. The number of carbonyl (C=O) groups excluding carboxylic acids is 1. The Hall–Kier alpha value is -3.85. The van der Waals surface area contributed by atoms with E-state index < -0.39 is 22.0 Å². The van der Waals surface area contributed by atoms with Gasteiger partial charge in [0.05, 0.1) is 25.3 Å². The van der Waals surface area contributed by atoms with Gasteiger partial charge in [-0.15, -0.1) is 0 Å². The fourth-order valence-electron chi connectivity index (χ4n) is 3.25. The number of methoxy groups -OCH3 is 1. The van der Waals surface area contributed by atoms with Crippen LogP contribution in [0.5, 0.6) is 11.5 Å². The fraction of sp³-hybridized carbons (Fsp3) is 0.200. The number of hydrazone groups is 1. The molecule has 9 heteroatoms. The van der Waals surface area contributed by atoms with E-state index in [1.54, 1.807) is 30.3 Å². The normalized spacial score (nSPS) is 12.2. The average Bonchev–Trinajstić information content (AvgIpc) is 2.83. The molecule has 3 rings (SSSR count). The Bertz CT molecular complexity index is 1230. The molecule has 0 bridgehead atoms. The second-order valence-electron chi connectivity index (χ2n) is 7.48. The van der Waals surface area contributed by atoms with Gasteiger partial charge in [0, 0.05) is 5.56 Å². The fourth-order valence-corrected chi connectivity index (χ4v) is 4.43. The molecule has 1 amide bonds. The monoisotopic (exact) mass is 481 g/mol. The van der Waals surface area contributed by atoms with E-state index in [1.807, 2.05) is 48.5 Å². The Kier molecular flexibility index (Phi) is 8.26. The highest BCUT2D eigenvalue weighted by Crippen LogP contribution is 2.24. The second kappa shape index (κ2) is 11.3. The number of hydrogen-bond acceptors (Lipinski definition) is 6. The standard InChI is InChI=1S/C25H27N3O5S/c1-19(28(34(3,30)31)22-13-15-23(32-2)16-14-22)25(29)27-26-17-21-11-7-8-12-24(21)33-18-20-9-5-4-6-10-20/h4-17,19H,18H2,1-3H3,(H,27,29)/b26-17-/t19-/m0/s1. The van der Waals surface area contributed by atoms with Crippen molar-refractivity contribution in [3.8, 4) is 11.5 Å². The highest BCUT2D eigenvalue weighted by atomic mass is 32.2. The molecule has 0 aliphatic heterocycles. The molecule has 0 aliphatic rings. The Labute approximate surface area is 199 Å². The lowest BCUT2D eigenvalue weighted by Crippen LogP contribution is -2.46. The zero-order valence-electron chi connectivity index (χ0n) is 19.2. The number of anilines is 1. The van der Waals surface area contributed by atoms with Crippen molar-refractivity contribution in [3.63, 3.8) is 0 Å². The third-order valence-corrected chi connectivity index (χ3v) is 6.19. The van der Waals surface area contributed by atoms with E-state index in [4.69, 9.17) is 9.47 Å². The largest absolute Gasteiger partial charge is 0.497 e. The average molecular weight is 482 g/mol. The first-order valence-electron chi connectivity index (χ1n) is 10.5. The van der Waals surface area contributed by atoms with Gasteiger partial charge in [0.2, 0.25) is 10.0 Å². The number of nitrogens with one attached hydrogen (secondary N) is 1. The van der Waals surface area contributed by atoms with E-state index in [-0.39, 0.29) is 0 Å². The van der Waals surface area contributed by atoms with Gasteiger partial charge in [-0.1, -0.05) is 42.5 Å². The SMILES string of the molecule is COc1ccc(N([C@@H](C)C(=O)N/N=C\c2ccccc2OCc2ccccc2)S(C)(=O)=O)cc1. The lowest BCUT2D eigenvalue weighted by atomic mass is 10.2. The molecule has 8 nitrogen and oxygen atoms in total. The van der Waals surface area contributed by atoms with Crippen LogP contribution in [0.3, 0.4) is 0 Å². The summed E-state index contributed by atoms with van der Waals surface area (Å²) in [7, 11) is -2.22. The van der Waals surface area contributed by atoms with Gasteiger partial charge >= 0.3 is 0 Å². The molecule has 0 saturated heterocycles. The van der Waals surface area contributed by atoms with E-state index >= 15 is 0 Å². The van der Waals surface area contributed by atoms with Crippen LogP contribution in [-0.2, 0) is 21.4 Å². The minimum absolute atomic E-state index is 0.342. The molecule has 0 fully saturated rings. The summed E-state index contributed by atoms with van der Waals surface area (Å²) in [5.74, 6) is 0.598. The van der Waals surface area contributed by atoms with Crippen molar-refractivity contribution in [2.45, 2.75) is 19.6 Å². The van der Waals surface area contributed by atoms with Crippen molar-refractivity contribution in [2.75, 3.05) is 17.7 Å². The summed E-state index contributed by atoms with van der Waals surface area (Å²) in [6, 6.07) is 22.4. The number of benzene rings is 3. The maximum Gasteiger partial charge on any atom is 0.263 e. The summed E-state index contributed by atoms with van der Waals surface area (Å²) < 4.78 is 36.9. The third kappa shape index (κ3) is 6.58. The Balaban J connectivity index is 1.69. The van der Waals surface area contributed by atoms with Gasteiger partial charge < -0.3 is 9.47 Å². The molecule has 0 aliphatic carbocycles. The molecular weight excluding hydrogens is 454 g/mol. The number of rotatable bonds is 10. The molecule has 0 radical (unpaired) electrons. The van der Waals surface area contributed by atoms with Crippen LogP contribution >= 0.6 is 0 Å². The van der Waals surface area contributed by atoms with E-state index in [9.17, 15) is 13.2 Å². The molecular formula is C25H27N3O5S. The first-order chi connectivity index (χ1) is 16.3. The first kappa shape index (κ1) is 24.8. The highest BCUT2D eigenvalue weighted by molar-refractivity contribution is 7.92. The van der Waals surface area contributed by atoms with Crippen LogP contribution in [0.4, 0.5) is 5.69 Å². The van der Waals surface area contributed by atoms with E-state index in [1.165, 1.54) is 20.2 Å². The van der Waals surface area contributed by atoms with Crippen molar-refractivity contribution >= 4 is 27.8 Å². The van der Waals surface area contributed by atoms with Gasteiger partial charge in [-0.2, -0.15) is 5.10 Å². The summed E-state index contributed by atoms with van der Waals surface area (Å²) in [5, 5.41) is 4.02. The predicted molar refractivity (Wildman–Crippen MR) is 133 cm³/mol. The van der Waals surface area contributed by atoms with Crippen LogP contribution in [0.15, 0.2) is 84.0 Å². The molecule has 0 heterocycles. The summed E-state index contributed by atoms with van der Waals surface area (Å²) in [6.45, 7) is 1.88. The molecule has 0 aromatic heterocycles. The number of carbonyl (C=O) groups is 1. The van der Waals surface area contributed by atoms with Gasteiger partial charge in [-0.05, 0) is 48.9 Å². The lowest BCUT2D eigenvalue weighted by molar-refractivity contribution is -0.121. The number of amides is 1. The number of hydrogen-bond donors (Lipinski definition) is 1. The zero-order chi connectivity index (χ0) is 24.6. The quantitative estimate of drug-likeness (QED) is 0.353. The van der Waals surface area contributed by atoms with E-state index in [2.05, 4.69) is 10.5 Å². The second-order valence-corrected chi connectivity index (χ2v) is 9.34. The molecule has 0 unspecified atom stereocenters. The van der Waals surface area contributed by atoms with Gasteiger partial charge in [-0.3, -0.25) is 9.10 Å².